The highest BCUT2D eigenvalue weighted by Gasteiger charge is 2.14. The monoisotopic (exact) mass is 279 g/mol. The molecule has 20 heavy (non-hydrogen) atoms. The Morgan fingerprint density at radius 1 is 1.40 bits per heavy atom. The highest BCUT2D eigenvalue weighted by Crippen LogP contribution is 2.12. The van der Waals surface area contributed by atoms with E-state index in [0.717, 1.165) is 38.2 Å². The lowest BCUT2D eigenvalue weighted by Crippen LogP contribution is -2.42. The van der Waals surface area contributed by atoms with Crippen LogP contribution in [0, 0.1) is 0 Å². The Balaban J connectivity index is 1.64. The summed E-state index contributed by atoms with van der Waals surface area (Å²) in [6.45, 7) is 4.58. The topological polar surface area (TPSA) is 50.7 Å². The number of hydrogen-bond acceptors (Lipinski definition) is 4. The average molecular weight is 279 g/mol. The Morgan fingerprint density at radius 3 is 2.85 bits per heavy atom. The second-order valence-corrected chi connectivity index (χ2v) is 5.28. The van der Waals surface area contributed by atoms with Crippen LogP contribution in [0.3, 0.4) is 0 Å². The summed E-state index contributed by atoms with van der Waals surface area (Å²) < 4.78 is 11.0. The lowest BCUT2D eigenvalue weighted by Gasteiger charge is -2.24. The van der Waals surface area contributed by atoms with Gasteiger partial charge in [-0.3, -0.25) is 0 Å². The molecule has 1 aliphatic rings. The molecule has 0 aliphatic carbocycles. The van der Waals surface area contributed by atoms with Gasteiger partial charge in [0.2, 0.25) is 0 Å². The molecule has 1 aliphatic heterocycles. The van der Waals surface area contributed by atoms with Gasteiger partial charge in [-0.15, -0.1) is 0 Å². The number of ether oxygens (including phenoxy) is 2. The molecule has 0 amide bonds. The van der Waals surface area contributed by atoms with Gasteiger partial charge in [0.1, 0.15) is 18.5 Å². The molecule has 0 saturated carbocycles. The Labute approximate surface area is 121 Å². The molecule has 4 heteroatoms. The summed E-state index contributed by atoms with van der Waals surface area (Å²) in [5.41, 5.74) is 1.29. The number of benzene rings is 1. The summed E-state index contributed by atoms with van der Waals surface area (Å²) >= 11 is 0. The van der Waals surface area contributed by atoms with Crippen molar-refractivity contribution in [3.8, 4) is 5.75 Å². The highest BCUT2D eigenvalue weighted by molar-refractivity contribution is 5.27. The third-order valence-electron chi connectivity index (χ3n) is 3.58. The first-order chi connectivity index (χ1) is 9.78. The number of aliphatic hydroxyl groups excluding tert-OH is 1. The molecule has 2 rings (SSSR count). The minimum atomic E-state index is -0.497. The summed E-state index contributed by atoms with van der Waals surface area (Å²) in [6, 6.07) is 8.38. The van der Waals surface area contributed by atoms with Gasteiger partial charge in [0.15, 0.2) is 0 Å². The minimum absolute atomic E-state index is 0.312. The largest absolute Gasteiger partial charge is 0.491 e. The zero-order valence-corrected chi connectivity index (χ0v) is 12.2. The maximum Gasteiger partial charge on any atom is 0.119 e. The van der Waals surface area contributed by atoms with Gasteiger partial charge in [-0.2, -0.15) is 0 Å². The van der Waals surface area contributed by atoms with Gasteiger partial charge in [0.05, 0.1) is 6.61 Å². The van der Waals surface area contributed by atoms with E-state index in [4.69, 9.17) is 9.47 Å². The number of nitrogens with one attached hydrogen (secondary N) is 1. The molecule has 1 saturated heterocycles. The Hall–Kier alpha value is -1.10. The van der Waals surface area contributed by atoms with Gasteiger partial charge >= 0.3 is 0 Å². The second kappa shape index (κ2) is 8.25. The van der Waals surface area contributed by atoms with Crippen LogP contribution in [0.25, 0.3) is 0 Å². The van der Waals surface area contributed by atoms with Crippen LogP contribution in [0.15, 0.2) is 24.3 Å². The highest BCUT2D eigenvalue weighted by atomic mass is 16.5. The second-order valence-electron chi connectivity index (χ2n) is 5.28. The molecule has 1 fully saturated rings. The van der Waals surface area contributed by atoms with E-state index in [1.165, 1.54) is 5.56 Å². The first-order valence-electron chi connectivity index (χ1n) is 7.49. The predicted octanol–water partition coefficient (Wildman–Crippen LogP) is 1.76. The molecule has 1 aromatic carbocycles. The number of rotatable bonds is 7. The van der Waals surface area contributed by atoms with Crippen molar-refractivity contribution in [3.63, 3.8) is 0 Å². The van der Waals surface area contributed by atoms with Gasteiger partial charge in [-0.25, -0.2) is 0 Å². The van der Waals surface area contributed by atoms with Crippen LogP contribution in [0.2, 0.25) is 0 Å². The van der Waals surface area contributed by atoms with Crippen LogP contribution >= 0.6 is 0 Å². The van der Waals surface area contributed by atoms with E-state index in [2.05, 4.69) is 24.4 Å². The predicted molar refractivity (Wildman–Crippen MR) is 79.2 cm³/mol. The van der Waals surface area contributed by atoms with E-state index >= 15 is 0 Å². The van der Waals surface area contributed by atoms with Crippen molar-refractivity contribution >= 4 is 0 Å². The lowest BCUT2D eigenvalue weighted by molar-refractivity contribution is 0.0572. The number of aryl methyl sites for hydroxylation is 1. The van der Waals surface area contributed by atoms with Gasteiger partial charge < -0.3 is 19.9 Å². The van der Waals surface area contributed by atoms with Crippen LogP contribution in [0.1, 0.15) is 25.3 Å². The van der Waals surface area contributed by atoms with E-state index in [1.54, 1.807) is 0 Å². The van der Waals surface area contributed by atoms with Crippen molar-refractivity contribution in [3.05, 3.63) is 29.8 Å². The van der Waals surface area contributed by atoms with Crippen molar-refractivity contribution in [2.75, 3.05) is 26.4 Å². The molecule has 2 N–H and O–H groups in total. The fraction of sp³-hybridized carbons (Fsp3) is 0.625. The van der Waals surface area contributed by atoms with Crippen molar-refractivity contribution in [1.82, 2.24) is 5.32 Å². The van der Waals surface area contributed by atoms with E-state index in [-0.39, 0.29) is 0 Å². The van der Waals surface area contributed by atoms with Crippen LogP contribution in [-0.4, -0.2) is 43.6 Å². The Bertz CT molecular complexity index is 374. The van der Waals surface area contributed by atoms with E-state index < -0.39 is 6.10 Å². The molecule has 0 radical (unpaired) electrons. The summed E-state index contributed by atoms with van der Waals surface area (Å²) in [6.07, 6.45) is 2.74. The first-order valence-corrected chi connectivity index (χ1v) is 7.49. The zero-order chi connectivity index (χ0) is 14.2. The fourth-order valence-electron chi connectivity index (χ4n) is 2.28. The van der Waals surface area contributed by atoms with Gasteiger partial charge in [-0.05, 0) is 37.0 Å². The van der Waals surface area contributed by atoms with Crippen LogP contribution < -0.4 is 10.1 Å². The molecule has 4 nitrogen and oxygen atoms in total. The standard InChI is InChI=1S/C16H25NO3/c1-2-13-5-7-16(8-6-13)20-12-15(18)10-17-14-4-3-9-19-11-14/h5-8,14-15,17-18H,2-4,9-12H2,1H3. The lowest BCUT2D eigenvalue weighted by atomic mass is 10.1. The molecular weight excluding hydrogens is 254 g/mol. The quantitative estimate of drug-likeness (QED) is 0.798. The molecule has 0 aromatic heterocycles. The van der Waals surface area contributed by atoms with Crippen molar-refractivity contribution in [1.29, 1.82) is 0 Å². The molecule has 0 bridgehead atoms. The summed E-state index contributed by atoms with van der Waals surface area (Å²) in [5.74, 6) is 0.808. The van der Waals surface area contributed by atoms with Crippen LogP contribution in [0.5, 0.6) is 5.75 Å². The van der Waals surface area contributed by atoms with E-state index in [9.17, 15) is 5.11 Å². The van der Waals surface area contributed by atoms with E-state index in [1.807, 2.05) is 12.1 Å². The Morgan fingerprint density at radius 2 is 2.20 bits per heavy atom. The van der Waals surface area contributed by atoms with Crippen molar-refractivity contribution in [2.45, 2.75) is 38.3 Å². The summed E-state index contributed by atoms with van der Waals surface area (Å²) in [4.78, 5) is 0. The summed E-state index contributed by atoms with van der Waals surface area (Å²) in [7, 11) is 0. The van der Waals surface area contributed by atoms with Crippen LogP contribution in [0.4, 0.5) is 0 Å². The van der Waals surface area contributed by atoms with Gasteiger partial charge in [0.25, 0.3) is 0 Å². The third kappa shape index (κ3) is 5.12. The molecule has 1 aromatic rings. The normalized spacial score (nSPS) is 20.6. The minimum Gasteiger partial charge on any atom is -0.491 e. The summed E-state index contributed by atoms with van der Waals surface area (Å²) in [5, 5.41) is 13.2. The average Bonchev–Trinajstić information content (AvgIpc) is 2.52. The van der Waals surface area contributed by atoms with E-state index in [0.29, 0.717) is 19.2 Å². The van der Waals surface area contributed by atoms with Gasteiger partial charge in [0, 0.05) is 19.2 Å². The van der Waals surface area contributed by atoms with Crippen molar-refractivity contribution < 1.29 is 14.6 Å². The fourth-order valence-corrected chi connectivity index (χ4v) is 2.28. The maximum atomic E-state index is 9.91. The Kier molecular flexibility index (Phi) is 6.30. The van der Waals surface area contributed by atoms with Gasteiger partial charge in [-0.1, -0.05) is 19.1 Å². The van der Waals surface area contributed by atoms with Crippen LogP contribution in [-0.2, 0) is 11.2 Å². The third-order valence-corrected chi connectivity index (χ3v) is 3.58. The molecule has 112 valence electrons. The molecule has 1 heterocycles. The molecule has 2 unspecified atom stereocenters. The molecular formula is C16H25NO3. The number of hydrogen-bond donors (Lipinski definition) is 2. The number of aliphatic hydroxyl groups is 1. The first kappa shape index (κ1) is 15.3. The van der Waals surface area contributed by atoms with Crippen molar-refractivity contribution in [2.24, 2.45) is 0 Å². The smallest absolute Gasteiger partial charge is 0.119 e. The maximum absolute atomic E-state index is 9.91. The molecule has 0 spiro atoms. The molecule has 2 atom stereocenters. The SMILES string of the molecule is CCc1ccc(OCC(O)CNC2CCCOC2)cc1. The zero-order valence-electron chi connectivity index (χ0n) is 12.2.